The lowest BCUT2D eigenvalue weighted by Crippen LogP contribution is -2.23. The molecule has 0 atom stereocenters. The minimum atomic E-state index is 0.0816. The maximum atomic E-state index is 11.1. The van der Waals surface area contributed by atoms with Crippen LogP contribution in [0.1, 0.15) is 12.1 Å². The van der Waals surface area contributed by atoms with Crippen molar-refractivity contribution in [3.63, 3.8) is 0 Å². The summed E-state index contributed by atoms with van der Waals surface area (Å²) in [4.78, 5) is 11.1. The first kappa shape index (κ1) is 10.3. The highest BCUT2D eigenvalue weighted by molar-refractivity contribution is 9.09. The van der Waals surface area contributed by atoms with Crippen molar-refractivity contribution in [2.45, 2.75) is 13.0 Å². The van der Waals surface area contributed by atoms with Gasteiger partial charge in [-0.1, -0.05) is 15.9 Å². The van der Waals surface area contributed by atoms with Gasteiger partial charge in [-0.2, -0.15) is 0 Å². The smallest absolute Gasteiger partial charge is 0.221 e. The summed E-state index contributed by atoms with van der Waals surface area (Å²) in [5, 5.41) is 3.55. The predicted octanol–water partition coefficient (Wildman–Crippen LogP) is 1.43. The van der Waals surface area contributed by atoms with E-state index >= 15 is 0 Å². The number of alkyl halides is 1. The standard InChI is InChI=1S/C9H13BrN2O/c1-12-6-2-3-8(12)7-11-9(13)4-5-10/h2-3,6H,4-5,7H2,1H3,(H,11,13). The Labute approximate surface area is 86.3 Å². The lowest BCUT2D eigenvalue weighted by Gasteiger charge is -2.04. The van der Waals surface area contributed by atoms with Crippen molar-refractivity contribution in [3.05, 3.63) is 24.0 Å². The Kier molecular flexibility index (Phi) is 4.02. The fourth-order valence-corrected chi connectivity index (χ4v) is 1.40. The molecule has 13 heavy (non-hydrogen) atoms. The molecule has 0 unspecified atom stereocenters. The maximum absolute atomic E-state index is 11.1. The highest BCUT2D eigenvalue weighted by atomic mass is 79.9. The second kappa shape index (κ2) is 5.07. The van der Waals surface area contributed by atoms with Crippen LogP contribution in [0.25, 0.3) is 0 Å². The van der Waals surface area contributed by atoms with Crippen molar-refractivity contribution >= 4 is 21.8 Å². The van der Waals surface area contributed by atoms with Gasteiger partial charge in [0.25, 0.3) is 0 Å². The second-order valence-electron chi connectivity index (χ2n) is 2.83. The largest absolute Gasteiger partial charge is 0.353 e. The van der Waals surface area contributed by atoms with E-state index in [0.29, 0.717) is 18.3 Å². The van der Waals surface area contributed by atoms with Gasteiger partial charge in [-0.15, -0.1) is 0 Å². The molecule has 0 saturated carbocycles. The third-order valence-corrected chi connectivity index (χ3v) is 2.24. The summed E-state index contributed by atoms with van der Waals surface area (Å²) < 4.78 is 1.99. The highest BCUT2D eigenvalue weighted by Gasteiger charge is 2.00. The summed E-state index contributed by atoms with van der Waals surface area (Å²) in [6.45, 7) is 0.606. The molecular weight excluding hydrogens is 232 g/mol. The molecule has 0 fully saturated rings. The van der Waals surface area contributed by atoms with Crippen molar-refractivity contribution < 1.29 is 4.79 Å². The second-order valence-corrected chi connectivity index (χ2v) is 3.62. The van der Waals surface area contributed by atoms with Gasteiger partial charge in [-0.3, -0.25) is 4.79 Å². The van der Waals surface area contributed by atoms with Crippen LogP contribution in [0.2, 0.25) is 0 Å². The number of halogens is 1. The van der Waals surface area contributed by atoms with Crippen LogP contribution in [0.15, 0.2) is 18.3 Å². The predicted molar refractivity (Wildman–Crippen MR) is 55.7 cm³/mol. The number of hydrogen-bond donors (Lipinski definition) is 1. The highest BCUT2D eigenvalue weighted by Crippen LogP contribution is 1.98. The fourth-order valence-electron chi connectivity index (χ4n) is 1.04. The van der Waals surface area contributed by atoms with Gasteiger partial charge in [0, 0.05) is 30.7 Å². The first-order chi connectivity index (χ1) is 6.24. The third-order valence-electron chi connectivity index (χ3n) is 1.84. The van der Waals surface area contributed by atoms with Crippen LogP contribution < -0.4 is 5.32 Å². The number of amides is 1. The summed E-state index contributed by atoms with van der Waals surface area (Å²) in [5.41, 5.74) is 1.11. The Morgan fingerprint density at radius 2 is 2.46 bits per heavy atom. The summed E-state index contributed by atoms with van der Waals surface area (Å²) in [7, 11) is 1.96. The topological polar surface area (TPSA) is 34.0 Å². The van der Waals surface area contributed by atoms with Crippen molar-refractivity contribution in [1.82, 2.24) is 9.88 Å². The Balaban J connectivity index is 2.35. The van der Waals surface area contributed by atoms with Gasteiger partial charge in [0.15, 0.2) is 0 Å². The molecule has 0 bridgehead atoms. The van der Waals surface area contributed by atoms with E-state index in [2.05, 4.69) is 21.2 Å². The van der Waals surface area contributed by atoms with Gasteiger partial charge in [0.1, 0.15) is 0 Å². The molecule has 1 aromatic rings. The Morgan fingerprint density at radius 3 is 3.00 bits per heavy atom. The lowest BCUT2D eigenvalue weighted by atomic mass is 10.4. The summed E-state index contributed by atoms with van der Waals surface area (Å²) in [5.74, 6) is 0.0816. The van der Waals surface area contributed by atoms with Crippen LogP contribution in [0.4, 0.5) is 0 Å². The Morgan fingerprint density at radius 1 is 1.69 bits per heavy atom. The molecule has 0 aliphatic rings. The van der Waals surface area contributed by atoms with E-state index in [0.717, 1.165) is 5.69 Å². The van der Waals surface area contributed by atoms with E-state index < -0.39 is 0 Å². The zero-order valence-electron chi connectivity index (χ0n) is 7.59. The van der Waals surface area contributed by atoms with Gasteiger partial charge in [-0.05, 0) is 12.1 Å². The van der Waals surface area contributed by atoms with E-state index in [1.54, 1.807) is 0 Å². The summed E-state index contributed by atoms with van der Waals surface area (Å²) in [6.07, 6.45) is 2.50. The zero-order chi connectivity index (χ0) is 9.68. The molecule has 4 heteroatoms. The van der Waals surface area contributed by atoms with Crippen molar-refractivity contribution in [1.29, 1.82) is 0 Å². The number of carbonyl (C=O) groups excluding carboxylic acids is 1. The van der Waals surface area contributed by atoms with E-state index in [4.69, 9.17) is 0 Å². The molecule has 0 aliphatic heterocycles. The van der Waals surface area contributed by atoms with Crippen LogP contribution in [0.3, 0.4) is 0 Å². The molecular formula is C9H13BrN2O. The molecule has 1 N–H and O–H groups in total. The number of rotatable bonds is 4. The molecule has 1 aromatic heterocycles. The first-order valence-corrected chi connectivity index (χ1v) is 5.29. The number of nitrogens with zero attached hydrogens (tertiary/aromatic N) is 1. The fraction of sp³-hybridized carbons (Fsp3) is 0.444. The van der Waals surface area contributed by atoms with E-state index in [9.17, 15) is 4.79 Å². The monoisotopic (exact) mass is 244 g/mol. The molecule has 1 rings (SSSR count). The minimum Gasteiger partial charge on any atom is -0.353 e. The third kappa shape index (κ3) is 3.22. The van der Waals surface area contributed by atoms with Crippen LogP contribution in [-0.2, 0) is 18.4 Å². The molecule has 0 spiro atoms. The average molecular weight is 245 g/mol. The van der Waals surface area contributed by atoms with Gasteiger partial charge in [0.05, 0.1) is 6.54 Å². The van der Waals surface area contributed by atoms with Crippen molar-refractivity contribution in [2.24, 2.45) is 7.05 Å². The molecule has 0 radical (unpaired) electrons. The van der Waals surface area contributed by atoms with Crippen molar-refractivity contribution in [2.75, 3.05) is 5.33 Å². The van der Waals surface area contributed by atoms with E-state index in [1.165, 1.54) is 0 Å². The van der Waals surface area contributed by atoms with Gasteiger partial charge in [-0.25, -0.2) is 0 Å². The molecule has 3 nitrogen and oxygen atoms in total. The number of hydrogen-bond acceptors (Lipinski definition) is 1. The number of aryl methyl sites for hydroxylation is 1. The number of carbonyl (C=O) groups is 1. The molecule has 0 aromatic carbocycles. The lowest BCUT2D eigenvalue weighted by molar-refractivity contribution is -0.120. The Hall–Kier alpha value is -0.770. The zero-order valence-corrected chi connectivity index (χ0v) is 9.17. The van der Waals surface area contributed by atoms with Crippen molar-refractivity contribution in [3.8, 4) is 0 Å². The first-order valence-electron chi connectivity index (χ1n) is 4.17. The Bertz CT molecular complexity index is 283. The molecule has 72 valence electrons. The van der Waals surface area contributed by atoms with Crippen LogP contribution in [0.5, 0.6) is 0 Å². The molecule has 0 aliphatic carbocycles. The summed E-state index contributed by atoms with van der Waals surface area (Å²) >= 11 is 3.22. The quantitative estimate of drug-likeness (QED) is 0.800. The SMILES string of the molecule is Cn1cccc1CNC(=O)CCBr. The van der Waals surface area contributed by atoms with Gasteiger partial charge >= 0.3 is 0 Å². The number of aromatic nitrogens is 1. The molecule has 1 amide bonds. The van der Waals surface area contributed by atoms with E-state index in [-0.39, 0.29) is 5.91 Å². The number of nitrogens with one attached hydrogen (secondary N) is 1. The minimum absolute atomic E-state index is 0.0816. The van der Waals surface area contributed by atoms with Crippen LogP contribution in [0, 0.1) is 0 Å². The van der Waals surface area contributed by atoms with Crippen LogP contribution in [-0.4, -0.2) is 15.8 Å². The van der Waals surface area contributed by atoms with Gasteiger partial charge < -0.3 is 9.88 Å². The normalized spacial score (nSPS) is 10.0. The van der Waals surface area contributed by atoms with Crippen LogP contribution >= 0.6 is 15.9 Å². The summed E-state index contributed by atoms with van der Waals surface area (Å²) in [6, 6.07) is 3.96. The van der Waals surface area contributed by atoms with E-state index in [1.807, 2.05) is 29.9 Å². The molecule has 1 heterocycles. The maximum Gasteiger partial charge on any atom is 0.221 e. The molecule has 0 saturated heterocycles. The average Bonchev–Trinajstić information content (AvgIpc) is 2.48. The van der Waals surface area contributed by atoms with Gasteiger partial charge in [0.2, 0.25) is 5.91 Å².